The molecule has 2 rings (SSSR count). The minimum atomic E-state index is -0.612. The number of halogens is 6. The maximum absolute atomic E-state index is 6.53. The molecule has 0 bridgehead atoms. The molecule has 0 amide bonds. The van der Waals surface area contributed by atoms with E-state index in [0.29, 0.717) is 43.3 Å². The smallest absolute Gasteiger partial charge is 0.157 e. The standard InChI is InChI=1S/C23H26Cl6O2/c1-21(2,11-24)30-19-15(26)7-13(8-16(19)27)23(5,6)14-9-17(28)20(18(29)10-14)31-22(3,4)12-25/h7-10H,11-12H2,1-6H3. The second-order valence-corrected chi connectivity index (χ2v) is 11.3. The van der Waals surface area contributed by atoms with Gasteiger partial charge in [-0.15, -0.1) is 23.2 Å². The second kappa shape index (κ2) is 9.95. The average molecular weight is 547 g/mol. The van der Waals surface area contributed by atoms with Gasteiger partial charge in [0.2, 0.25) is 0 Å². The van der Waals surface area contributed by atoms with Crippen LogP contribution in [-0.4, -0.2) is 23.0 Å². The number of hydrogen-bond acceptors (Lipinski definition) is 2. The Morgan fingerprint density at radius 2 is 0.839 bits per heavy atom. The Kier molecular flexibility index (Phi) is 8.68. The van der Waals surface area contributed by atoms with E-state index in [9.17, 15) is 0 Å². The highest BCUT2D eigenvalue weighted by Crippen LogP contribution is 2.45. The third-order valence-electron chi connectivity index (χ3n) is 4.84. The first kappa shape index (κ1) is 27.0. The van der Waals surface area contributed by atoms with Crippen molar-refractivity contribution in [3.63, 3.8) is 0 Å². The van der Waals surface area contributed by atoms with Crippen molar-refractivity contribution < 1.29 is 9.47 Å². The largest absolute Gasteiger partial charge is 0.483 e. The van der Waals surface area contributed by atoms with Crippen LogP contribution in [0.2, 0.25) is 20.1 Å². The van der Waals surface area contributed by atoms with Crippen molar-refractivity contribution in [1.29, 1.82) is 0 Å². The highest BCUT2D eigenvalue weighted by atomic mass is 35.5. The van der Waals surface area contributed by atoms with Gasteiger partial charge in [0.25, 0.3) is 0 Å². The molecular weight excluding hydrogens is 521 g/mol. The van der Waals surface area contributed by atoms with Crippen LogP contribution in [0.1, 0.15) is 52.7 Å². The quantitative estimate of drug-likeness (QED) is 0.307. The summed E-state index contributed by atoms with van der Waals surface area (Å²) in [5.74, 6) is 1.38. The molecule has 0 unspecified atom stereocenters. The molecule has 0 fully saturated rings. The first-order valence-electron chi connectivity index (χ1n) is 9.62. The van der Waals surface area contributed by atoms with Crippen molar-refractivity contribution >= 4 is 69.6 Å². The summed E-state index contributed by atoms with van der Waals surface area (Å²) in [5, 5.41) is 1.59. The monoisotopic (exact) mass is 544 g/mol. The first-order chi connectivity index (χ1) is 14.1. The van der Waals surface area contributed by atoms with E-state index in [1.807, 2.05) is 65.8 Å². The van der Waals surface area contributed by atoms with Gasteiger partial charge in [0, 0.05) is 5.41 Å². The molecule has 2 aromatic rings. The summed E-state index contributed by atoms with van der Waals surface area (Å²) in [4.78, 5) is 0. The summed E-state index contributed by atoms with van der Waals surface area (Å²) >= 11 is 38.1. The van der Waals surface area contributed by atoms with Gasteiger partial charge in [-0.25, -0.2) is 0 Å². The normalized spacial score (nSPS) is 12.8. The zero-order chi connectivity index (χ0) is 23.8. The summed E-state index contributed by atoms with van der Waals surface area (Å²) in [6.45, 7) is 11.5. The Morgan fingerprint density at radius 3 is 1.06 bits per heavy atom. The van der Waals surface area contributed by atoms with Crippen LogP contribution in [0.4, 0.5) is 0 Å². The highest BCUT2D eigenvalue weighted by molar-refractivity contribution is 6.38. The summed E-state index contributed by atoms with van der Waals surface area (Å²) < 4.78 is 11.9. The van der Waals surface area contributed by atoms with Crippen LogP contribution in [0.5, 0.6) is 11.5 Å². The number of ether oxygens (including phenoxy) is 2. The molecule has 0 aliphatic carbocycles. The second-order valence-electron chi connectivity index (χ2n) is 9.15. The molecule has 0 aliphatic heterocycles. The predicted octanol–water partition coefficient (Wildman–Crippen LogP) is 9.42. The summed E-state index contributed by atoms with van der Waals surface area (Å²) in [6, 6.07) is 7.32. The van der Waals surface area contributed by atoms with E-state index in [2.05, 4.69) is 0 Å². The minimum absolute atomic E-state index is 0.291. The Labute approximate surface area is 215 Å². The Morgan fingerprint density at radius 1 is 0.581 bits per heavy atom. The molecule has 0 saturated heterocycles. The summed E-state index contributed by atoms with van der Waals surface area (Å²) in [6.07, 6.45) is 0. The lowest BCUT2D eigenvalue weighted by Gasteiger charge is -2.30. The lowest BCUT2D eigenvalue weighted by molar-refractivity contribution is 0.134. The van der Waals surface area contributed by atoms with Gasteiger partial charge in [-0.1, -0.05) is 60.3 Å². The molecule has 2 aromatic carbocycles. The fraction of sp³-hybridized carbons (Fsp3) is 0.478. The number of benzene rings is 2. The van der Waals surface area contributed by atoms with Crippen molar-refractivity contribution in [1.82, 2.24) is 0 Å². The fourth-order valence-electron chi connectivity index (χ4n) is 2.81. The van der Waals surface area contributed by atoms with Crippen LogP contribution in [0.25, 0.3) is 0 Å². The van der Waals surface area contributed by atoms with Gasteiger partial charge in [0.1, 0.15) is 11.2 Å². The molecule has 2 nitrogen and oxygen atoms in total. The van der Waals surface area contributed by atoms with Crippen molar-refractivity contribution in [2.24, 2.45) is 0 Å². The van der Waals surface area contributed by atoms with E-state index < -0.39 is 16.6 Å². The molecule has 0 heterocycles. The average Bonchev–Trinajstić information content (AvgIpc) is 2.67. The molecule has 0 saturated carbocycles. The van der Waals surface area contributed by atoms with Crippen LogP contribution < -0.4 is 9.47 Å². The number of rotatable bonds is 8. The minimum Gasteiger partial charge on any atom is -0.483 e. The van der Waals surface area contributed by atoms with Crippen molar-refractivity contribution in [2.45, 2.75) is 58.2 Å². The molecule has 0 spiro atoms. The highest BCUT2D eigenvalue weighted by Gasteiger charge is 2.30. The van der Waals surface area contributed by atoms with E-state index >= 15 is 0 Å². The van der Waals surface area contributed by atoms with E-state index in [1.54, 1.807) is 0 Å². The van der Waals surface area contributed by atoms with Crippen LogP contribution in [0.15, 0.2) is 24.3 Å². The van der Waals surface area contributed by atoms with Gasteiger partial charge in [-0.05, 0) is 63.1 Å². The topological polar surface area (TPSA) is 18.5 Å². The van der Waals surface area contributed by atoms with Crippen molar-refractivity contribution in [2.75, 3.05) is 11.8 Å². The third-order valence-corrected chi connectivity index (χ3v) is 7.25. The maximum Gasteiger partial charge on any atom is 0.157 e. The summed E-state index contributed by atoms with van der Waals surface area (Å²) in [7, 11) is 0. The lowest BCUT2D eigenvalue weighted by atomic mass is 9.78. The Hall–Kier alpha value is -0.220. The van der Waals surface area contributed by atoms with E-state index in [-0.39, 0.29) is 0 Å². The zero-order valence-electron chi connectivity index (χ0n) is 18.3. The Balaban J connectivity index is 2.48. The molecule has 0 radical (unpaired) electrons. The molecule has 0 atom stereocenters. The molecule has 0 aromatic heterocycles. The van der Waals surface area contributed by atoms with Gasteiger partial charge in [-0.3, -0.25) is 0 Å². The van der Waals surface area contributed by atoms with Gasteiger partial charge in [0.15, 0.2) is 11.5 Å². The van der Waals surface area contributed by atoms with Crippen molar-refractivity contribution in [3.05, 3.63) is 55.5 Å². The Bertz CT molecular complexity index is 832. The first-order valence-corrected chi connectivity index (χ1v) is 12.2. The fourth-order valence-corrected chi connectivity index (χ4v) is 4.05. The van der Waals surface area contributed by atoms with Crippen LogP contribution in [-0.2, 0) is 5.41 Å². The molecular formula is C23H26Cl6O2. The third kappa shape index (κ3) is 6.43. The van der Waals surface area contributed by atoms with Crippen LogP contribution >= 0.6 is 69.6 Å². The summed E-state index contributed by atoms with van der Waals surface area (Å²) in [5.41, 5.74) is 0.0154. The number of hydrogen-bond donors (Lipinski definition) is 0. The van der Waals surface area contributed by atoms with Crippen LogP contribution in [0.3, 0.4) is 0 Å². The molecule has 31 heavy (non-hydrogen) atoms. The molecule has 0 aliphatic rings. The van der Waals surface area contributed by atoms with E-state index in [1.165, 1.54) is 0 Å². The molecule has 8 heteroatoms. The van der Waals surface area contributed by atoms with Crippen molar-refractivity contribution in [3.8, 4) is 11.5 Å². The SMILES string of the molecule is CC(C)(CCl)Oc1c(Cl)cc(C(C)(C)c2cc(Cl)c(OC(C)(C)CCl)c(Cl)c2)cc1Cl. The molecule has 0 N–H and O–H groups in total. The molecule has 172 valence electrons. The van der Waals surface area contributed by atoms with Gasteiger partial charge < -0.3 is 9.47 Å². The van der Waals surface area contributed by atoms with Gasteiger partial charge >= 0.3 is 0 Å². The lowest BCUT2D eigenvalue weighted by Crippen LogP contribution is -2.30. The van der Waals surface area contributed by atoms with E-state index in [4.69, 9.17) is 79.1 Å². The number of alkyl halides is 2. The predicted molar refractivity (Wildman–Crippen MR) is 136 cm³/mol. The zero-order valence-corrected chi connectivity index (χ0v) is 22.8. The van der Waals surface area contributed by atoms with Gasteiger partial charge in [0.05, 0.1) is 31.9 Å². The maximum atomic E-state index is 6.53. The van der Waals surface area contributed by atoms with Crippen LogP contribution in [0, 0.1) is 0 Å². The van der Waals surface area contributed by atoms with Gasteiger partial charge in [-0.2, -0.15) is 0 Å². The van der Waals surface area contributed by atoms with E-state index in [0.717, 1.165) is 11.1 Å².